The third kappa shape index (κ3) is 4.49. The van der Waals surface area contributed by atoms with Crippen molar-refractivity contribution in [1.29, 1.82) is 0 Å². The molecular formula is C15H21N3O2S. The summed E-state index contributed by atoms with van der Waals surface area (Å²) in [6.07, 6.45) is 3.42. The Balaban J connectivity index is 1.98. The van der Waals surface area contributed by atoms with E-state index in [0.717, 1.165) is 37.9 Å². The lowest BCUT2D eigenvalue weighted by molar-refractivity contribution is 0.0341. The molecule has 5 nitrogen and oxygen atoms in total. The maximum absolute atomic E-state index is 12.4. The Hall–Kier alpha value is -1.50. The monoisotopic (exact) mass is 307 g/mol. The highest BCUT2D eigenvalue weighted by Gasteiger charge is 2.18. The molecular weight excluding hydrogens is 286 g/mol. The maximum atomic E-state index is 12.4. The lowest BCUT2D eigenvalue weighted by Gasteiger charge is -2.25. The molecule has 0 aromatic carbocycles. The number of nitrogens with zero attached hydrogens (tertiary/aromatic N) is 3. The molecule has 1 aromatic rings. The first-order valence-electron chi connectivity index (χ1n) is 7.00. The third-order valence-electron chi connectivity index (χ3n) is 3.22. The fourth-order valence-electron chi connectivity index (χ4n) is 2.15. The van der Waals surface area contributed by atoms with Crippen molar-refractivity contribution >= 4 is 17.2 Å². The summed E-state index contributed by atoms with van der Waals surface area (Å²) in [5.74, 6) is -0.0701. The number of hydrogen-bond donors (Lipinski definition) is 0. The summed E-state index contributed by atoms with van der Waals surface area (Å²) >= 11 is 1.53. The predicted octanol–water partition coefficient (Wildman–Crippen LogP) is 1.79. The molecule has 0 atom stereocenters. The van der Waals surface area contributed by atoms with Gasteiger partial charge in [-0.3, -0.25) is 9.69 Å². The molecule has 21 heavy (non-hydrogen) atoms. The average molecular weight is 307 g/mol. The van der Waals surface area contributed by atoms with Crippen molar-refractivity contribution in [2.45, 2.75) is 6.54 Å². The summed E-state index contributed by atoms with van der Waals surface area (Å²) in [7, 11) is 0. The smallest absolute Gasteiger partial charge is 0.273 e. The van der Waals surface area contributed by atoms with Gasteiger partial charge in [0.25, 0.3) is 5.91 Å². The number of ether oxygens (including phenoxy) is 1. The van der Waals surface area contributed by atoms with E-state index in [1.165, 1.54) is 11.3 Å². The minimum Gasteiger partial charge on any atom is -0.379 e. The molecule has 1 fully saturated rings. The molecule has 0 radical (unpaired) electrons. The van der Waals surface area contributed by atoms with Crippen molar-refractivity contribution in [3.05, 3.63) is 41.4 Å². The Labute approximate surface area is 129 Å². The van der Waals surface area contributed by atoms with Crippen molar-refractivity contribution in [2.24, 2.45) is 0 Å². The van der Waals surface area contributed by atoms with E-state index < -0.39 is 0 Å². The van der Waals surface area contributed by atoms with Gasteiger partial charge in [-0.1, -0.05) is 12.2 Å². The standard InChI is InChI=1S/C15H21N3O2S/c1-3-5-18(6-4-2)15(19)13-12-21-14(16-13)11-17-7-9-20-10-8-17/h3-4,12H,1-2,5-11H2. The van der Waals surface area contributed by atoms with E-state index in [4.69, 9.17) is 4.74 Å². The first-order valence-corrected chi connectivity index (χ1v) is 7.88. The predicted molar refractivity (Wildman–Crippen MR) is 84.5 cm³/mol. The fraction of sp³-hybridized carbons (Fsp3) is 0.467. The van der Waals surface area contributed by atoms with Crippen LogP contribution in [0, 0.1) is 0 Å². The van der Waals surface area contributed by atoms with E-state index in [1.807, 2.05) is 5.38 Å². The molecule has 1 saturated heterocycles. The number of amides is 1. The summed E-state index contributed by atoms with van der Waals surface area (Å²) in [5, 5.41) is 2.80. The van der Waals surface area contributed by atoms with E-state index in [-0.39, 0.29) is 5.91 Å². The van der Waals surface area contributed by atoms with Crippen LogP contribution < -0.4 is 0 Å². The van der Waals surface area contributed by atoms with Crippen molar-refractivity contribution < 1.29 is 9.53 Å². The van der Waals surface area contributed by atoms with E-state index >= 15 is 0 Å². The Morgan fingerprint density at radius 2 is 2.05 bits per heavy atom. The molecule has 6 heteroatoms. The van der Waals surface area contributed by atoms with Crippen molar-refractivity contribution in [3.63, 3.8) is 0 Å². The first-order chi connectivity index (χ1) is 10.2. The van der Waals surface area contributed by atoms with Gasteiger partial charge in [0.15, 0.2) is 0 Å². The highest BCUT2D eigenvalue weighted by molar-refractivity contribution is 7.09. The van der Waals surface area contributed by atoms with Crippen LogP contribution in [0.1, 0.15) is 15.5 Å². The van der Waals surface area contributed by atoms with Gasteiger partial charge in [-0.2, -0.15) is 0 Å². The van der Waals surface area contributed by atoms with E-state index in [0.29, 0.717) is 18.8 Å². The van der Waals surface area contributed by atoms with Crippen LogP contribution in [0.15, 0.2) is 30.7 Å². The summed E-state index contributed by atoms with van der Waals surface area (Å²) in [4.78, 5) is 20.8. The lowest BCUT2D eigenvalue weighted by Crippen LogP contribution is -2.35. The topological polar surface area (TPSA) is 45.7 Å². The Bertz CT molecular complexity index is 485. The fourth-order valence-corrected chi connectivity index (χ4v) is 2.96. The molecule has 0 spiro atoms. The van der Waals surface area contributed by atoms with Crippen LogP contribution in [-0.2, 0) is 11.3 Å². The SMILES string of the molecule is C=CCN(CC=C)C(=O)c1csc(CN2CCOCC2)n1. The average Bonchev–Trinajstić information content (AvgIpc) is 2.96. The summed E-state index contributed by atoms with van der Waals surface area (Å²) < 4.78 is 5.33. The molecule has 0 bridgehead atoms. The van der Waals surface area contributed by atoms with Gasteiger partial charge >= 0.3 is 0 Å². The number of rotatable bonds is 7. The van der Waals surface area contributed by atoms with E-state index in [1.54, 1.807) is 17.1 Å². The Morgan fingerprint density at radius 1 is 1.38 bits per heavy atom. The van der Waals surface area contributed by atoms with Gasteiger partial charge in [-0.25, -0.2) is 4.98 Å². The van der Waals surface area contributed by atoms with Crippen LogP contribution >= 0.6 is 11.3 Å². The summed E-state index contributed by atoms with van der Waals surface area (Å²) in [6.45, 7) is 12.5. The number of morpholine rings is 1. The normalized spacial score (nSPS) is 15.6. The van der Waals surface area contributed by atoms with Crippen LogP contribution in [0.3, 0.4) is 0 Å². The number of carbonyl (C=O) groups excluding carboxylic acids is 1. The van der Waals surface area contributed by atoms with Crippen LogP contribution in [0.2, 0.25) is 0 Å². The van der Waals surface area contributed by atoms with Crippen LogP contribution in [-0.4, -0.2) is 60.1 Å². The van der Waals surface area contributed by atoms with Gasteiger partial charge in [0.2, 0.25) is 0 Å². The second kappa shape index (κ2) is 8.07. The van der Waals surface area contributed by atoms with E-state index in [2.05, 4.69) is 23.0 Å². The van der Waals surface area contributed by atoms with Crippen molar-refractivity contribution in [3.8, 4) is 0 Å². The van der Waals surface area contributed by atoms with Crippen molar-refractivity contribution in [2.75, 3.05) is 39.4 Å². The highest BCUT2D eigenvalue weighted by atomic mass is 32.1. The van der Waals surface area contributed by atoms with Crippen LogP contribution in [0.25, 0.3) is 0 Å². The molecule has 2 rings (SSSR count). The molecule has 0 N–H and O–H groups in total. The van der Waals surface area contributed by atoms with Gasteiger partial charge in [0.05, 0.1) is 19.8 Å². The Kier molecular flexibility index (Phi) is 6.10. The van der Waals surface area contributed by atoms with Gasteiger partial charge in [0, 0.05) is 31.6 Å². The van der Waals surface area contributed by atoms with Crippen LogP contribution in [0.4, 0.5) is 0 Å². The second-order valence-corrected chi connectivity index (χ2v) is 5.75. The van der Waals surface area contributed by atoms with Gasteiger partial charge in [-0.05, 0) is 0 Å². The molecule has 1 amide bonds. The third-order valence-corrected chi connectivity index (χ3v) is 4.05. The minimum atomic E-state index is -0.0701. The van der Waals surface area contributed by atoms with Crippen molar-refractivity contribution in [1.82, 2.24) is 14.8 Å². The summed E-state index contributed by atoms with van der Waals surface area (Å²) in [6, 6.07) is 0. The minimum absolute atomic E-state index is 0.0701. The quantitative estimate of drug-likeness (QED) is 0.721. The molecule has 0 unspecified atom stereocenters. The van der Waals surface area contributed by atoms with E-state index in [9.17, 15) is 4.79 Å². The lowest BCUT2D eigenvalue weighted by atomic mass is 10.3. The molecule has 1 aliphatic rings. The molecule has 1 aromatic heterocycles. The molecule has 0 aliphatic carbocycles. The highest BCUT2D eigenvalue weighted by Crippen LogP contribution is 2.15. The zero-order valence-corrected chi connectivity index (χ0v) is 13.0. The zero-order chi connectivity index (χ0) is 15.1. The second-order valence-electron chi connectivity index (χ2n) is 4.80. The molecule has 2 heterocycles. The zero-order valence-electron chi connectivity index (χ0n) is 12.2. The maximum Gasteiger partial charge on any atom is 0.273 e. The Morgan fingerprint density at radius 3 is 2.67 bits per heavy atom. The number of hydrogen-bond acceptors (Lipinski definition) is 5. The summed E-state index contributed by atoms with van der Waals surface area (Å²) in [5.41, 5.74) is 0.506. The van der Waals surface area contributed by atoms with Gasteiger partial charge in [-0.15, -0.1) is 24.5 Å². The number of thiazole rings is 1. The number of carbonyl (C=O) groups is 1. The van der Waals surface area contributed by atoms with Crippen LogP contribution in [0.5, 0.6) is 0 Å². The molecule has 114 valence electrons. The van der Waals surface area contributed by atoms with Gasteiger partial charge < -0.3 is 9.64 Å². The largest absolute Gasteiger partial charge is 0.379 e. The molecule has 1 aliphatic heterocycles. The number of aromatic nitrogens is 1. The van der Waals surface area contributed by atoms with Gasteiger partial charge in [0.1, 0.15) is 10.7 Å². The molecule has 0 saturated carbocycles. The first kappa shape index (κ1) is 15.9.